The Balaban J connectivity index is 1.81. The minimum Gasteiger partial charge on any atom is -0.507 e. The Labute approximate surface area is 168 Å². The molecule has 29 heavy (non-hydrogen) atoms. The van der Waals surface area contributed by atoms with Crippen LogP contribution in [0.1, 0.15) is 35.6 Å². The van der Waals surface area contributed by atoms with Crippen molar-refractivity contribution < 1.29 is 23.8 Å². The maximum absolute atomic E-state index is 13.5. The minimum absolute atomic E-state index is 0.0171. The summed E-state index contributed by atoms with van der Waals surface area (Å²) in [5.74, 6) is -2.06. The average Bonchev–Trinajstić information content (AvgIpc) is 3.31. The fraction of sp³-hybridized carbons (Fsp3) is 0.304. The molecule has 6 heteroatoms. The SMILES string of the molecule is Cc1ccc(C(O)=C2C(=O)C(=O)N(C[C@H]3CCCO3)[C@@H]2c2ccc(F)cc2)cc1. The predicted octanol–water partition coefficient (Wildman–Crippen LogP) is 3.73. The molecule has 2 aromatic rings. The van der Waals surface area contributed by atoms with Gasteiger partial charge in [0.25, 0.3) is 11.7 Å². The van der Waals surface area contributed by atoms with E-state index >= 15 is 0 Å². The molecule has 2 aliphatic rings. The van der Waals surface area contributed by atoms with Crippen molar-refractivity contribution in [2.24, 2.45) is 0 Å². The van der Waals surface area contributed by atoms with Crippen molar-refractivity contribution in [1.29, 1.82) is 0 Å². The van der Waals surface area contributed by atoms with E-state index in [1.54, 1.807) is 12.1 Å². The molecule has 2 atom stereocenters. The zero-order valence-corrected chi connectivity index (χ0v) is 16.1. The minimum atomic E-state index is -0.791. The molecule has 2 aliphatic heterocycles. The van der Waals surface area contributed by atoms with Crippen LogP contribution in [0.4, 0.5) is 4.39 Å². The molecule has 0 aliphatic carbocycles. The van der Waals surface area contributed by atoms with Crippen LogP contribution in [-0.4, -0.2) is 41.0 Å². The van der Waals surface area contributed by atoms with Gasteiger partial charge in [0.2, 0.25) is 0 Å². The highest BCUT2D eigenvalue weighted by atomic mass is 19.1. The highest BCUT2D eigenvalue weighted by molar-refractivity contribution is 6.46. The molecule has 1 N–H and O–H groups in total. The predicted molar refractivity (Wildman–Crippen MR) is 106 cm³/mol. The van der Waals surface area contributed by atoms with Gasteiger partial charge in [0.05, 0.1) is 17.7 Å². The Morgan fingerprint density at radius 3 is 2.45 bits per heavy atom. The van der Waals surface area contributed by atoms with E-state index in [4.69, 9.17) is 4.74 Å². The number of hydrogen-bond donors (Lipinski definition) is 1. The van der Waals surface area contributed by atoms with Gasteiger partial charge in [-0.25, -0.2) is 4.39 Å². The van der Waals surface area contributed by atoms with Gasteiger partial charge in [-0.3, -0.25) is 9.59 Å². The van der Waals surface area contributed by atoms with Gasteiger partial charge < -0.3 is 14.7 Å². The molecule has 2 heterocycles. The van der Waals surface area contributed by atoms with Crippen molar-refractivity contribution in [2.45, 2.75) is 31.9 Å². The molecule has 0 spiro atoms. The number of nitrogens with zero attached hydrogens (tertiary/aromatic N) is 1. The van der Waals surface area contributed by atoms with Crippen LogP contribution in [0.15, 0.2) is 54.1 Å². The number of aliphatic hydroxyl groups excluding tert-OH is 1. The fourth-order valence-corrected chi connectivity index (χ4v) is 3.93. The third-order valence-corrected chi connectivity index (χ3v) is 5.48. The first-order valence-corrected chi connectivity index (χ1v) is 9.68. The molecule has 5 nitrogen and oxygen atoms in total. The third kappa shape index (κ3) is 3.68. The van der Waals surface area contributed by atoms with Crippen LogP contribution in [0.25, 0.3) is 5.76 Å². The Morgan fingerprint density at radius 1 is 1.14 bits per heavy atom. The number of ketones is 1. The number of aliphatic hydroxyl groups is 1. The second-order valence-electron chi connectivity index (χ2n) is 7.50. The molecule has 0 radical (unpaired) electrons. The Morgan fingerprint density at radius 2 is 1.83 bits per heavy atom. The van der Waals surface area contributed by atoms with E-state index in [0.717, 1.165) is 18.4 Å². The summed E-state index contributed by atoms with van der Waals surface area (Å²) < 4.78 is 19.1. The van der Waals surface area contributed by atoms with Crippen molar-refractivity contribution in [3.63, 3.8) is 0 Å². The quantitative estimate of drug-likeness (QED) is 0.487. The number of ether oxygens (including phenoxy) is 1. The highest BCUT2D eigenvalue weighted by Gasteiger charge is 2.47. The van der Waals surface area contributed by atoms with Crippen LogP contribution in [0.2, 0.25) is 0 Å². The molecule has 2 aromatic carbocycles. The molecule has 0 saturated carbocycles. The second-order valence-corrected chi connectivity index (χ2v) is 7.50. The van der Waals surface area contributed by atoms with Gasteiger partial charge >= 0.3 is 0 Å². The molecule has 0 bridgehead atoms. The van der Waals surface area contributed by atoms with Gasteiger partial charge in [0, 0.05) is 18.7 Å². The molecule has 150 valence electrons. The first kappa shape index (κ1) is 19.3. The number of hydrogen-bond acceptors (Lipinski definition) is 4. The summed E-state index contributed by atoms with van der Waals surface area (Å²) >= 11 is 0. The monoisotopic (exact) mass is 395 g/mol. The molecule has 2 saturated heterocycles. The van der Waals surface area contributed by atoms with Crippen LogP contribution in [-0.2, 0) is 14.3 Å². The van der Waals surface area contributed by atoms with Gasteiger partial charge in [-0.2, -0.15) is 0 Å². The summed E-state index contributed by atoms with van der Waals surface area (Å²) in [5, 5.41) is 10.9. The summed E-state index contributed by atoms with van der Waals surface area (Å²) in [6, 6.07) is 11.9. The van der Waals surface area contributed by atoms with Crippen molar-refractivity contribution in [1.82, 2.24) is 4.90 Å². The van der Waals surface area contributed by atoms with Crippen molar-refractivity contribution in [3.05, 3.63) is 76.6 Å². The lowest BCUT2D eigenvalue weighted by Gasteiger charge is -2.27. The lowest BCUT2D eigenvalue weighted by Crippen LogP contribution is -2.36. The summed E-state index contributed by atoms with van der Waals surface area (Å²) in [7, 11) is 0. The molecule has 0 unspecified atom stereocenters. The molecule has 0 aromatic heterocycles. The van der Waals surface area contributed by atoms with Crippen LogP contribution in [0.3, 0.4) is 0 Å². The number of halogens is 1. The van der Waals surface area contributed by atoms with Crippen LogP contribution in [0, 0.1) is 12.7 Å². The van der Waals surface area contributed by atoms with Crippen LogP contribution < -0.4 is 0 Å². The summed E-state index contributed by atoms with van der Waals surface area (Å²) in [6.07, 6.45) is 1.55. The van der Waals surface area contributed by atoms with E-state index in [9.17, 15) is 19.1 Å². The third-order valence-electron chi connectivity index (χ3n) is 5.48. The molecular formula is C23H22FNO4. The summed E-state index contributed by atoms with van der Waals surface area (Å²) in [5.41, 5.74) is 2.05. The van der Waals surface area contributed by atoms with E-state index < -0.39 is 23.5 Å². The van der Waals surface area contributed by atoms with E-state index in [0.29, 0.717) is 17.7 Å². The highest BCUT2D eigenvalue weighted by Crippen LogP contribution is 2.40. The Bertz CT molecular complexity index is 959. The standard InChI is InChI=1S/C23H22FNO4/c1-14-4-6-16(7-5-14)21(26)19-20(15-8-10-17(24)11-9-15)25(23(28)22(19)27)13-18-3-2-12-29-18/h4-11,18,20,26H,2-3,12-13H2,1H3/t18-,20-/m1/s1. The lowest BCUT2D eigenvalue weighted by molar-refractivity contribution is -0.140. The fourth-order valence-electron chi connectivity index (χ4n) is 3.93. The largest absolute Gasteiger partial charge is 0.507 e. The number of rotatable bonds is 4. The van der Waals surface area contributed by atoms with Crippen LogP contribution >= 0.6 is 0 Å². The average molecular weight is 395 g/mol. The second kappa shape index (κ2) is 7.79. The molecular weight excluding hydrogens is 373 g/mol. The van der Waals surface area contributed by atoms with E-state index in [2.05, 4.69) is 0 Å². The number of likely N-dealkylation sites (tertiary alicyclic amines) is 1. The first-order valence-electron chi connectivity index (χ1n) is 9.68. The molecule has 4 rings (SSSR count). The van der Waals surface area contributed by atoms with E-state index in [-0.39, 0.29) is 24.0 Å². The zero-order chi connectivity index (χ0) is 20.5. The summed E-state index contributed by atoms with van der Waals surface area (Å²) in [4.78, 5) is 27.2. The number of amides is 1. The smallest absolute Gasteiger partial charge is 0.295 e. The van der Waals surface area contributed by atoms with Gasteiger partial charge in [-0.15, -0.1) is 0 Å². The van der Waals surface area contributed by atoms with E-state index in [1.165, 1.54) is 29.2 Å². The maximum Gasteiger partial charge on any atom is 0.295 e. The van der Waals surface area contributed by atoms with Gasteiger partial charge in [-0.05, 0) is 37.5 Å². The first-order chi connectivity index (χ1) is 14.0. The number of carbonyl (C=O) groups excluding carboxylic acids is 2. The summed E-state index contributed by atoms with van der Waals surface area (Å²) in [6.45, 7) is 2.79. The van der Waals surface area contributed by atoms with Crippen molar-refractivity contribution >= 4 is 17.4 Å². The van der Waals surface area contributed by atoms with Gasteiger partial charge in [0.1, 0.15) is 11.6 Å². The number of aryl methyl sites for hydroxylation is 1. The Hall–Kier alpha value is -2.99. The zero-order valence-electron chi connectivity index (χ0n) is 16.1. The van der Waals surface area contributed by atoms with Crippen molar-refractivity contribution in [3.8, 4) is 0 Å². The lowest BCUT2D eigenvalue weighted by atomic mass is 9.95. The van der Waals surface area contributed by atoms with Gasteiger partial charge in [-0.1, -0.05) is 42.0 Å². The molecule has 2 fully saturated rings. The van der Waals surface area contributed by atoms with Crippen LogP contribution in [0.5, 0.6) is 0 Å². The van der Waals surface area contributed by atoms with Gasteiger partial charge in [0.15, 0.2) is 0 Å². The molecule has 1 amide bonds. The normalized spacial score (nSPS) is 23.7. The number of carbonyl (C=O) groups is 2. The topological polar surface area (TPSA) is 66.8 Å². The number of benzene rings is 2. The Kier molecular flexibility index (Phi) is 5.20. The van der Waals surface area contributed by atoms with Crippen molar-refractivity contribution in [2.75, 3.05) is 13.2 Å². The van der Waals surface area contributed by atoms with E-state index in [1.807, 2.05) is 19.1 Å². The maximum atomic E-state index is 13.5. The number of Topliss-reactive ketones (excluding diaryl/α,β-unsaturated/α-hetero) is 1.